The molecule has 2 heterocycles. The number of anilines is 2. The van der Waals surface area contributed by atoms with E-state index in [0.29, 0.717) is 11.6 Å². The van der Waals surface area contributed by atoms with E-state index in [1.54, 1.807) is 12.1 Å². The van der Waals surface area contributed by atoms with E-state index >= 15 is 0 Å². The number of nitrogens with zero attached hydrogens (tertiary/aromatic N) is 2. The zero-order chi connectivity index (χ0) is 20.1. The topological polar surface area (TPSA) is 54.5 Å². The van der Waals surface area contributed by atoms with Crippen LogP contribution in [0, 0.1) is 0 Å². The van der Waals surface area contributed by atoms with Crippen LogP contribution < -0.4 is 15.0 Å². The van der Waals surface area contributed by atoms with Crippen LogP contribution in [0.25, 0.3) is 0 Å². The van der Waals surface area contributed by atoms with E-state index in [1.807, 2.05) is 35.7 Å². The van der Waals surface area contributed by atoms with Gasteiger partial charge >= 0.3 is 0 Å². The van der Waals surface area contributed by atoms with Crippen LogP contribution in [-0.4, -0.2) is 24.0 Å². The summed E-state index contributed by atoms with van der Waals surface area (Å²) in [6.07, 6.45) is 2.63. The van der Waals surface area contributed by atoms with Gasteiger partial charge in [-0.2, -0.15) is 0 Å². The van der Waals surface area contributed by atoms with Crippen LogP contribution >= 0.6 is 22.9 Å². The average molecular weight is 428 g/mol. The van der Waals surface area contributed by atoms with Gasteiger partial charge in [0.1, 0.15) is 17.4 Å². The van der Waals surface area contributed by atoms with Gasteiger partial charge in [-0.25, -0.2) is 4.98 Å². The van der Waals surface area contributed by atoms with Crippen molar-refractivity contribution in [1.82, 2.24) is 4.98 Å². The second-order valence-electron chi connectivity index (χ2n) is 6.91. The number of hydrogen-bond acceptors (Lipinski definition) is 5. The highest BCUT2D eigenvalue weighted by Crippen LogP contribution is 2.28. The summed E-state index contributed by atoms with van der Waals surface area (Å²) >= 11 is 7.37. The Morgan fingerprint density at radius 2 is 1.90 bits per heavy atom. The molecule has 0 saturated carbocycles. The van der Waals surface area contributed by atoms with Gasteiger partial charge in [0, 0.05) is 23.5 Å². The largest absolute Gasteiger partial charge is 0.486 e. The van der Waals surface area contributed by atoms with Gasteiger partial charge in [0.2, 0.25) is 5.91 Å². The van der Waals surface area contributed by atoms with Crippen LogP contribution in [0.5, 0.6) is 5.75 Å². The van der Waals surface area contributed by atoms with Crippen LogP contribution in [-0.2, 0) is 17.8 Å². The number of benzene rings is 2. The quantitative estimate of drug-likeness (QED) is 0.566. The number of rotatable bonds is 7. The maximum absolute atomic E-state index is 12.6. The van der Waals surface area contributed by atoms with Crippen LogP contribution in [0.4, 0.5) is 11.4 Å². The van der Waals surface area contributed by atoms with Crippen molar-refractivity contribution in [3.05, 3.63) is 69.6 Å². The number of ether oxygens (including phenoxy) is 1. The fourth-order valence-electron chi connectivity index (χ4n) is 3.34. The number of aromatic nitrogens is 1. The minimum Gasteiger partial charge on any atom is -0.486 e. The molecule has 1 saturated heterocycles. The summed E-state index contributed by atoms with van der Waals surface area (Å²) in [6.45, 7) is 2.44. The molecule has 5 nitrogen and oxygen atoms in total. The minimum absolute atomic E-state index is 0.0629. The first-order chi connectivity index (χ1) is 14.2. The molecule has 150 valence electrons. The highest BCUT2D eigenvalue weighted by Gasteiger charge is 2.17. The summed E-state index contributed by atoms with van der Waals surface area (Å²) in [7, 11) is 0. The lowest BCUT2D eigenvalue weighted by atomic mass is 10.2. The van der Waals surface area contributed by atoms with Crippen molar-refractivity contribution in [1.29, 1.82) is 0 Å². The molecule has 1 fully saturated rings. The first-order valence-corrected chi connectivity index (χ1v) is 10.9. The fraction of sp³-hybridized carbons (Fsp3) is 0.273. The summed E-state index contributed by atoms with van der Waals surface area (Å²) in [6, 6.07) is 15.2. The smallest absolute Gasteiger partial charge is 0.230 e. The zero-order valence-electron chi connectivity index (χ0n) is 15.9. The SMILES string of the molecule is O=C(Cc1csc(COc2ccc(Cl)cc2)n1)Nc1ccccc1N1CCCC1. The summed E-state index contributed by atoms with van der Waals surface area (Å²) < 4.78 is 5.72. The zero-order valence-corrected chi connectivity index (χ0v) is 17.5. The molecule has 1 aliphatic heterocycles. The maximum Gasteiger partial charge on any atom is 0.230 e. The normalized spacial score (nSPS) is 13.5. The average Bonchev–Trinajstić information content (AvgIpc) is 3.40. The van der Waals surface area contributed by atoms with Crippen LogP contribution in [0.1, 0.15) is 23.5 Å². The molecule has 0 atom stereocenters. The predicted octanol–water partition coefficient (Wildman–Crippen LogP) is 5.16. The van der Waals surface area contributed by atoms with Crippen molar-refractivity contribution in [3.63, 3.8) is 0 Å². The molecule has 3 aromatic rings. The number of amides is 1. The number of hydrogen-bond donors (Lipinski definition) is 1. The Kier molecular flexibility index (Phi) is 6.32. The standard InChI is InChI=1S/C22H22ClN3O2S/c23-16-7-9-18(10-8-16)28-14-22-24-17(15-29-22)13-21(27)25-19-5-1-2-6-20(19)26-11-3-4-12-26/h1-2,5-10,15H,3-4,11-14H2,(H,25,27). The highest BCUT2D eigenvalue weighted by molar-refractivity contribution is 7.09. The van der Waals surface area contributed by atoms with Gasteiger partial charge in [-0.05, 0) is 49.2 Å². The molecule has 0 aliphatic carbocycles. The molecular formula is C22H22ClN3O2S. The van der Waals surface area contributed by atoms with Crippen molar-refractivity contribution in [2.75, 3.05) is 23.3 Å². The van der Waals surface area contributed by atoms with Crippen molar-refractivity contribution < 1.29 is 9.53 Å². The maximum atomic E-state index is 12.6. The molecule has 0 unspecified atom stereocenters. The number of halogens is 1. The highest BCUT2D eigenvalue weighted by atomic mass is 35.5. The van der Waals surface area contributed by atoms with Crippen molar-refractivity contribution in [2.45, 2.75) is 25.9 Å². The van der Waals surface area contributed by atoms with Crippen LogP contribution in [0.2, 0.25) is 5.02 Å². The van der Waals surface area contributed by atoms with Crippen LogP contribution in [0.3, 0.4) is 0 Å². The third-order valence-electron chi connectivity index (χ3n) is 4.74. The van der Waals surface area contributed by atoms with Gasteiger partial charge in [0.15, 0.2) is 0 Å². The second-order valence-corrected chi connectivity index (χ2v) is 8.29. The van der Waals surface area contributed by atoms with Crippen molar-refractivity contribution in [3.8, 4) is 5.75 Å². The predicted molar refractivity (Wildman–Crippen MR) is 118 cm³/mol. The van der Waals surface area contributed by atoms with Gasteiger partial charge < -0.3 is 15.0 Å². The van der Waals surface area contributed by atoms with Gasteiger partial charge in [-0.15, -0.1) is 11.3 Å². The number of carbonyl (C=O) groups excluding carboxylic acids is 1. The molecule has 1 aliphatic rings. The fourth-order valence-corrected chi connectivity index (χ4v) is 4.18. The lowest BCUT2D eigenvalue weighted by Crippen LogP contribution is -2.21. The summed E-state index contributed by atoms with van der Waals surface area (Å²) in [5.41, 5.74) is 2.70. The van der Waals surface area contributed by atoms with Gasteiger partial charge in [-0.3, -0.25) is 4.79 Å². The van der Waals surface area contributed by atoms with Crippen LogP contribution in [0.15, 0.2) is 53.9 Å². The molecule has 29 heavy (non-hydrogen) atoms. The van der Waals surface area contributed by atoms with E-state index < -0.39 is 0 Å². The molecule has 1 amide bonds. The second kappa shape index (κ2) is 9.29. The van der Waals surface area contributed by atoms with E-state index in [2.05, 4.69) is 21.3 Å². The summed E-state index contributed by atoms with van der Waals surface area (Å²) in [5.74, 6) is 0.675. The van der Waals surface area contributed by atoms with E-state index in [-0.39, 0.29) is 12.3 Å². The van der Waals surface area contributed by atoms with E-state index in [0.717, 1.165) is 40.9 Å². The Morgan fingerprint density at radius 1 is 1.14 bits per heavy atom. The summed E-state index contributed by atoms with van der Waals surface area (Å²) in [4.78, 5) is 19.4. The Morgan fingerprint density at radius 3 is 2.69 bits per heavy atom. The molecule has 1 N–H and O–H groups in total. The minimum atomic E-state index is -0.0629. The van der Waals surface area contributed by atoms with Gasteiger partial charge in [0.25, 0.3) is 0 Å². The molecular weight excluding hydrogens is 406 g/mol. The van der Waals surface area contributed by atoms with E-state index in [4.69, 9.17) is 16.3 Å². The molecule has 0 spiro atoms. The Hall–Kier alpha value is -2.57. The number of carbonyl (C=O) groups is 1. The number of para-hydroxylation sites is 2. The van der Waals surface area contributed by atoms with E-state index in [1.165, 1.54) is 24.2 Å². The lowest BCUT2D eigenvalue weighted by Gasteiger charge is -2.21. The molecule has 4 rings (SSSR count). The molecule has 0 radical (unpaired) electrons. The van der Waals surface area contributed by atoms with E-state index in [9.17, 15) is 4.79 Å². The molecule has 2 aromatic carbocycles. The Labute approximate surface area is 179 Å². The van der Waals surface area contributed by atoms with Gasteiger partial charge in [0.05, 0.1) is 23.5 Å². The van der Waals surface area contributed by atoms with Crippen molar-refractivity contribution in [2.24, 2.45) is 0 Å². The van der Waals surface area contributed by atoms with Gasteiger partial charge in [-0.1, -0.05) is 23.7 Å². The first kappa shape index (κ1) is 19.7. The van der Waals surface area contributed by atoms with Crippen molar-refractivity contribution >= 4 is 40.2 Å². The third kappa shape index (κ3) is 5.28. The monoisotopic (exact) mass is 427 g/mol. The molecule has 0 bridgehead atoms. The Balaban J connectivity index is 1.33. The molecule has 7 heteroatoms. The number of thiazole rings is 1. The summed E-state index contributed by atoms with van der Waals surface area (Å²) in [5, 5.41) is 6.46. The number of nitrogens with one attached hydrogen (secondary N) is 1. The third-order valence-corrected chi connectivity index (χ3v) is 5.86. The Bertz CT molecular complexity index is 968. The molecule has 1 aromatic heterocycles. The lowest BCUT2D eigenvalue weighted by molar-refractivity contribution is -0.115. The first-order valence-electron chi connectivity index (χ1n) is 9.63.